The molecule has 0 bridgehead atoms. The summed E-state index contributed by atoms with van der Waals surface area (Å²) in [5.41, 5.74) is 5.23. The Kier molecular flexibility index (Phi) is 11.1. The Balaban J connectivity index is 1.08. The molecule has 1 fully saturated rings. The highest BCUT2D eigenvalue weighted by Crippen LogP contribution is 2.60. The summed E-state index contributed by atoms with van der Waals surface area (Å²) in [7, 11) is -11.1. The number of anilines is 1. The van der Waals surface area contributed by atoms with Crippen LogP contribution in [0.5, 0.6) is 0 Å². The Labute approximate surface area is 300 Å². The van der Waals surface area contributed by atoms with Gasteiger partial charge in [-0.15, -0.1) is 0 Å². The zero-order valence-corrected chi connectivity index (χ0v) is 29.5. The number of aliphatic hydroxyl groups excluding tert-OH is 6. The van der Waals surface area contributed by atoms with Crippen LogP contribution in [0, 0.1) is 6.92 Å². The second-order valence-electron chi connectivity index (χ2n) is 12.1. The lowest BCUT2D eigenvalue weighted by Crippen LogP contribution is -2.51. The number of benzene rings is 1. The molecular formula is C27H34N9O16P2+. The Morgan fingerprint density at radius 2 is 1.74 bits per heavy atom. The summed E-state index contributed by atoms with van der Waals surface area (Å²) in [4.78, 5) is 65.3. The molecular weight excluding hydrogens is 768 g/mol. The monoisotopic (exact) mass is 802 g/mol. The van der Waals surface area contributed by atoms with E-state index < -0.39 is 96.1 Å². The molecule has 1 aliphatic heterocycles. The number of nitrogens with one attached hydrogen (secondary N) is 2. The number of aromatic amines is 2. The highest BCUT2D eigenvalue weighted by atomic mass is 31.3. The Morgan fingerprint density at radius 1 is 1.02 bits per heavy atom. The number of hydrogen-bond donors (Lipinski definition) is 11. The summed E-state index contributed by atoms with van der Waals surface area (Å²) in [5.74, 6) is 0.0239. The fourth-order valence-corrected chi connectivity index (χ4v) is 7.81. The predicted octanol–water partition coefficient (Wildman–Crippen LogP) is -3.77. The predicted molar refractivity (Wildman–Crippen MR) is 178 cm³/mol. The third-order valence-electron chi connectivity index (χ3n) is 8.47. The van der Waals surface area contributed by atoms with Gasteiger partial charge in [-0.2, -0.15) is 9.29 Å². The molecule has 5 aromatic rings. The number of nitrogens with zero attached hydrogens (tertiary/aromatic N) is 6. The van der Waals surface area contributed by atoms with Crippen molar-refractivity contribution in [1.29, 1.82) is 0 Å². The van der Waals surface area contributed by atoms with Crippen molar-refractivity contribution in [3.63, 3.8) is 0 Å². The summed E-state index contributed by atoms with van der Waals surface area (Å²) < 4.78 is 46.5. The lowest BCUT2D eigenvalue weighted by Gasteiger charge is -2.24. The molecule has 292 valence electrons. The van der Waals surface area contributed by atoms with Gasteiger partial charge in [0.15, 0.2) is 23.2 Å². The number of hydrogen-bond acceptors (Lipinski definition) is 19. The quantitative estimate of drug-likeness (QED) is 0.0291. The zero-order chi connectivity index (χ0) is 39.3. The molecule has 4 aromatic heterocycles. The van der Waals surface area contributed by atoms with E-state index in [2.05, 4.69) is 33.8 Å². The van der Waals surface area contributed by atoms with E-state index in [9.17, 15) is 59.1 Å². The molecule has 54 heavy (non-hydrogen) atoms. The van der Waals surface area contributed by atoms with Gasteiger partial charge in [-0.05, 0) is 30.2 Å². The van der Waals surface area contributed by atoms with Crippen molar-refractivity contribution in [2.75, 3.05) is 18.9 Å². The van der Waals surface area contributed by atoms with Gasteiger partial charge in [0, 0.05) is 0 Å². The highest BCUT2D eigenvalue weighted by molar-refractivity contribution is 7.61. The van der Waals surface area contributed by atoms with Crippen LogP contribution in [0.1, 0.15) is 17.4 Å². The first kappa shape index (κ1) is 39.5. The van der Waals surface area contributed by atoms with Crippen molar-refractivity contribution in [2.45, 2.75) is 62.9 Å². The van der Waals surface area contributed by atoms with E-state index in [0.29, 0.717) is 11.1 Å². The number of rotatable bonds is 14. The van der Waals surface area contributed by atoms with E-state index >= 15 is 0 Å². The molecule has 2 unspecified atom stereocenters. The van der Waals surface area contributed by atoms with E-state index in [-0.39, 0.29) is 39.2 Å². The lowest BCUT2D eigenvalue weighted by molar-refractivity contribution is -0.657. The fraction of sp³-hybridized carbons (Fsp3) is 0.444. The molecule has 0 spiro atoms. The van der Waals surface area contributed by atoms with Crippen LogP contribution in [0.15, 0.2) is 34.4 Å². The maximum Gasteiger partial charge on any atom is 0.481 e. The Morgan fingerprint density at radius 3 is 2.46 bits per heavy atom. The Hall–Kier alpha value is -4.17. The molecule has 6 rings (SSSR count). The van der Waals surface area contributed by atoms with Crippen LogP contribution in [-0.4, -0.2) is 125 Å². The molecule has 1 aromatic carbocycles. The van der Waals surface area contributed by atoms with E-state index in [4.69, 9.17) is 15.0 Å². The van der Waals surface area contributed by atoms with Gasteiger partial charge in [0.25, 0.3) is 5.56 Å². The third-order valence-corrected chi connectivity index (χ3v) is 11.1. The smallest absolute Gasteiger partial charge is 0.392 e. The first-order valence-electron chi connectivity index (χ1n) is 15.6. The van der Waals surface area contributed by atoms with Crippen LogP contribution in [0.2, 0.25) is 0 Å². The van der Waals surface area contributed by atoms with Gasteiger partial charge in [0.1, 0.15) is 60.5 Å². The van der Waals surface area contributed by atoms with E-state index in [1.807, 2.05) is 4.98 Å². The Bertz CT molecular complexity index is 2430. The number of aliphatic hydroxyl groups is 6. The van der Waals surface area contributed by atoms with Gasteiger partial charge in [0.05, 0.1) is 26.1 Å². The summed E-state index contributed by atoms with van der Waals surface area (Å²) >= 11 is 0. The topological polar surface area (TPSA) is 385 Å². The number of nitrogen functional groups attached to an aromatic ring is 1. The number of ether oxygens (including phenoxy) is 1. The molecule has 9 atom stereocenters. The van der Waals surface area contributed by atoms with Crippen LogP contribution in [-0.2, 0) is 40.4 Å². The van der Waals surface area contributed by atoms with E-state index in [1.54, 1.807) is 6.92 Å². The van der Waals surface area contributed by atoms with Crippen molar-refractivity contribution in [3.05, 3.63) is 56.8 Å². The minimum atomic E-state index is -5.56. The number of H-pyrrole nitrogens is 2. The summed E-state index contributed by atoms with van der Waals surface area (Å²) in [6.45, 7) is -1.59. The van der Waals surface area contributed by atoms with Crippen molar-refractivity contribution in [1.82, 2.24) is 34.5 Å². The van der Waals surface area contributed by atoms with E-state index in [0.717, 1.165) is 6.33 Å². The number of aromatic nitrogens is 8. The third kappa shape index (κ3) is 7.95. The van der Waals surface area contributed by atoms with Crippen LogP contribution >= 0.6 is 15.6 Å². The van der Waals surface area contributed by atoms with Crippen molar-refractivity contribution in [2.24, 2.45) is 0 Å². The fourth-order valence-electron chi connectivity index (χ4n) is 5.72. The first-order valence-corrected chi connectivity index (χ1v) is 18.6. The largest absolute Gasteiger partial charge is 0.481 e. The summed E-state index contributed by atoms with van der Waals surface area (Å²) in [6.07, 6.45) is -10.1. The number of imidazole rings is 1. The molecule has 5 heterocycles. The molecule has 1 saturated heterocycles. The van der Waals surface area contributed by atoms with Crippen LogP contribution in [0.3, 0.4) is 0 Å². The molecule has 25 nitrogen and oxygen atoms in total. The number of aryl methyl sites for hydroxylation is 1. The normalized spacial score (nSPS) is 23.1. The molecule has 0 saturated carbocycles. The van der Waals surface area contributed by atoms with Gasteiger partial charge in [0.2, 0.25) is 5.52 Å². The average Bonchev–Trinajstić information content (AvgIpc) is 3.66. The molecule has 12 N–H and O–H groups in total. The van der Waals surface area contributed by atoms with Gasteiger partial charge in [-0.3, -0.25) is 23.4 Å². The molecule has 0 amide bonds. The summed E-state index contributed by atoms with van der Waals surface area (Å²) in [6, 6.07) is 3.01. The standard InChI is InChI=1S/C27H33N9O16P2/c1-10-2-12-13(3-11(10)5-37)35(24-18(32-12)25(43)34-27(44)33-24)4-14(38)19(40)15(39)6-49-53(45,46)52-54(47,48)50-7-16-20(41)21(42)26(51-16)36-9-31-17-22(28)29-8-30-23(17)36/h2-3,8-9,14-16,19-21,26,37-42H,4-7H2,1H3,(H5,28,29,30,34,43,44,45,46,47,48)/p+1/t14-,15+,16-,19-,20-,21-,26-/m1/s1. The molecule has 0 aliphatic carbocycles. The second kappa shape index (κ2) is 15.2. The van der Waals surface area contributed by atoms with Gasteiger partial charge < -0.3 is 50.9 Å². The van der Waals surface area contributed by atoms with Gasteiger partial charge in [-0.1, -0.05) is 0 Å². The zero-order valence-electron chi connectivity index (χ0n) is 27.7. The van der Waals surface area contributed by atoms with Gasteiger partial charge in [-0.25, -0.2) is 38.4 Å². The van der Waals surface area contributed by atoms with Crippen LogP contribution in [0.25, 0.3) is 33.4 Å². The highest BCUT2D eigenvalue weighted by Gasteiger charge is 2.46. The SMILES string of the molecule is Cc1cc2nc3c(=O)[nH]c(=O)[nH]c3[n+](C[C@@H](O)[C@@H](O)[C@@H](O)COP(=O)(O)OP(=O)(O)OC[C@H]3O[C@@H](n4cnc5c(N)ncnc54)[C@H](O)[C@@H]3O)c2cc1CO. The minimum absolute atomic E-state index is 0.0239. The number of phosphoric acid groups is 2. The lowest BCUT2D eigenvalue weighted by atomic mass is 10.1. The number of nitrogens with two attached hydrogens (primary N) is 1. The van der Waals surface area contributed by atoms with Crippen molar-refractivity contribution < 1.29 is 72.2 Å². The number of fused-ring (bicyclic) bond motifs is 3. The minimum Gasteiger partial charge on any atom is -0.392 e. The van der Waals surface area contributed by atoms with Crippen LogP contribution < -0.4 is 21.5 Å². The number of phosphoric ester groups is 2. The maximum absolute atomic E-state index is 12.5. The molecule has 1 aliphatic rings. The summed E-state index contributed by atoms with van der Waals surface area (Å²) in [5, 5.41) is 62.9. The van der Waals surface area contributed by atoms with E-state index in [1.165, 1.54) is 27.6 Å². The maximum atomic E-state index is 12.5. The molecule has 27 heteroatoms. The van der Waals surface area contributed by atoms with Gasteiger partial charge >= 0.3 is 27.0 Å². The second-order valence-corrected chi connectivity index (χ2v) is 15.2. The van der Waals surface area contributed by atoms with Crippen LogP contribution in [0.4, 0.5) is 5.82 Å². The van der Waals surface area contributed by atoms with Crippen molar-refractivity contribution >= 4 is 54.8 Å². The molecule has 0 radical (unpaired) electrons. The first-order chi connectivity index (χ1) is 25.4. The average molecular weight is 803 g/mol. The van der Waals surface area contributed by atoms with Crippen molar-refractivity contribution in [3.8, 4) is 0 Å².